The van der Waals surface area contributed by atoms with Crippen molar-refractivity contribution >= 4 is 19.2 Å². The number of rotatable bonds is 4. The molecule has 0 heterocycles. The molecule has 0 aliphatic heterocycles. The smallest absolute Gasteiger partial charge is 0.0145 e. The first-order valence-corrected chi connectivity index (χ1v) is 5.83. The minimum atomic E-state index is 1.14. The van der Waals surface area contributed by atoms with Crippen molar-refractivity contribution in [1.29, 1.82) is 0 Å². The zero-order valence-corrected chi connectivity index (χ0v) is 6.85. The molecule has 0 amide bonds. The van der Waals surface area contributed by atoms with E-state index in [1.165, 1.54) is 19.0 Å². The zero-order valence-electron chi connectivity index (χ0n) is 5.03. The van der Waals surface area contributed by atoms with Crippen LogP contribution in [0.1, 0.15) is 19.8 Å². The molecular weight excluding hydrogens is 123 g/mol. The molecule has 0 spiro atoms. The standard InChI is InChI=1S/C5H13PS/c1-3-4-5-6-7-2/h6H,3-5H2,1-2H3. The second-order valence-electron chi connectivity index (χ2n) is 1.45. The van der Waals surface area contributed by atoms with Gasteiger partial charge in [-0.3, -0.25) is 0 Å². The zero-order chi connectivity index (χ0) is 5.54. The maximum atomic E-state index is 2.24. The van der Waals surface area contributed by atoms with Gasteiger partial charge in [0.1, 0.15) is 0 Å². The van der Waals surface area contributed by atoms with Crippen LogP contribution in [0.5, 0.6) is 0 Å². The third-order valence-corrected chi connectivity index (χ3v) is 3.10. The van der Waals surface area contributed by atoms with Crippen LogP contribution in [0.25, 0.3) is 0 Å². The van der Waals surface area contributed by atoms with E-state index in [9.17, 15) is 0 Å². The van der Waals surface area contributed by atoms with Gasteiger partial charge in [0.15, 0.2) is 0 Å². The molecule has 7 heavy (non-hydrogen) atoms. The molecule has 0 fully saturated rings. The molecular formula is C5H13PS. The van der Waals surface area contributed by atoms with Gasteiger partial charge in [-0.05, 0) is 18.8 Å². The minimum absolute atomic E-state index is 1.14. The van der Waals surface area contributed by atoms with E-state index >= 15 is 0 Å². The summed E-state index contributed by atoms with van der Waals surface area (Å²) in [6.45, 7) is 2.24. The van der Waals surface area contributed by atoms with E-state index < -0.39 is 0 Å². The number of unbranched alkanes of at least 4 members (excludes halogenated alkanes) is 1. The van der Waals surface area contributed by atoms with E-state index in [1.54, 1.807) is 0 Å². The summed E-state index contributed by atoms with van der Waals surface area (Å²) in [5.74, 6) is 0. The van der Waals surface area contributed by atoms with Crippen LogP contribution in [-0.2, 0) is 0 Å². The van der Waals surface area contributed by atoms with Crippen LogP contribution in [-0.4, -0.2) is 12.4 Å². The van der Waals surface area contributed by atoms with E-state index in [2.05, 4.69) is 13.2 Å². The molecule has 1 atom stereocenters. The first-order valence-electron chi connectivity index (χ1n) is 2.67. The van der Waals surface area contributed by atoms with E-state index in [1.807, 2.05) is 11.4 Å². The van der Waals surface area contributed by atoms with Gasteiger partial charge in [0.25, 0.3) is 0 Å². The molecule has 2 heteroatoms. The van der Waals surface area contributed by atoms with E-state index in [-0.39, 0.29) is 0 Å². The summed E-state index contributed by atoms with van der Waals surface area (Å²) < 4.78 is 0. The summed E-state index contributed by atoms with van der Waals surface area (Å²) in [4.78, 5) is 0. The van der Waals surface area contributed by atoms with Gasteiger partial charge in [-0.15, -0.1) is 11.4 Å². The van der Waals surface area contributed by atoms with Gasteiger partial charge in [-0.1, -0.05) is 21.1 Å². The first-order chi connectivity index (χ1) is 3.41. The van der Waals surface area contributed by atoms with Gasteiger partial charge >= 0.3 is 0 Å². The lowest BCUT2D eigenvalue weighted by molar-refractivity contribution is 0.896. The molecule has 0 aromatic carbocycles. The Hall–Kier alpha value is 0.780. The summed E-state index contributed by atoms with van der Waals surface area (Å²) >= 11 is 1.97. The normalized spacial score (nSPS) is 11.1. The molecule has 0 saturated heterocycles. The van der Waals surface area contributed by atoms with Crippen molar-refractivity contribution in [3.8, 4) is 0 Å². The second-order valence-corrected chi connectivity index (χ2v) is 4.74. The Bertz CT molecular complexity index is 27.3. The summed E-state index contributed by atoms with van der Waals surface area (Å²) in [7, 11) is 1.14. The molecule has 0 N–H and O–H groups in total. The Morgan fingerprint density at radius 1 is 1.57 bits per heavy atom. The molecule has 0 aromatic heterocycles. The molecule has 0 radical (unpaired) electrons. The highest BCUT2D eigenvalue weighted by atomic mass is 32.7. The lowest BCUT2D eigenvalue weighted by atomic mass is 10.4. The monoisotopic (exact) mass is 136 g/mol. The van der Waals surface area contributed by atoms with Gasteiger partial charge in [0.2, 0.25) is 0 Å². The molecule has 0 aromatic rings. The van der Waals surface area contributed by atoms with E-state index in [4.69, 9.17) is 0 Å². The summed E-state index contributed by atoms with van der Waals surface area (Å²) in [6, 6.07) is 0. The maximum absolute atomic E-state index is 2.24. The van der Waals surface area contributed by atoms with Crippen LogP contribution in [0.15, 0.2) is 0 Å². The van der Waals surface area contributed by atoms with Crippen molar-refractivity contribution in [3.05, 3.63) is 0 Å². The lowest BCUT2D eigenvalue weighted by Crippen LogP contribution is -1.68. The van der Waals surface area contributed by atoms with Crippen LogP contribution in [0.2, 0.25) is 0 Å². The largest absolute Gasteiger partial charge is 0.141 e. The molecule has 1 unspecified atom stereocenters. The molecule has 0 rings (SSSR count). The van der Waals surface area contributed by atoms with Crippen LogP contribution in [0.4, 0.5) is 0 Å². The van der Waals surface area contributed by atoms with E-state index in [0.29, 0.717) is 0 Å². The third kappa shape index (κ3) is 6.78. The molecule has 0 aliphatic rings. The topological polar surface area (TPSA) is 0 Å². The van der Waals surface area contributed by atoms with Gasteiger partial charge in [-0.2, -0.15) is 0 Å². The Labute approximate surface area is 52.0 Å². The lowest BCUT2D eigenvalue weighted by Gasteiger charge is -1.91. The number of hydrogen-bond acceptors (Lipinski definition) is 1. The fourth-order valence-electron chi connectivity index (χ4n) is 0.351. The first kappa shape index (κ1) is 7.78. The average molecular weight is 136 g/mol. The highest BCUT2D eigenvalue weighted by molar-refractivity contribution is 8.49. The molecule has 0 saturated carbocycles. The molecule has 0 bridgehead atoms. The van der Waals surface area contributed by atoms with Crippen molar-refractivity contribution in [2.75, 3.05) is 12.4 Å². The van der Waals surface area contributed by atoms with Gasteiger partial charge in [0.05, 0.1) is 0 Å². The van der Waals surface area contributed by atoms with Crippen LogP contribution in [0.3, 0.4) is 0 Å². The second kappa shape index (κ2) is 6.78. The van der Waals surface area contributed by atoms with Crippen LogP contribution >= 0.6 is 19.2 Å². The van der Waals surface area contributed by atoms with Gasteiger partial charge in [0, 0.05) is 0 Å². The fraction of sp³-hybridized carbons (Fsp3) is 1.00. The highest BCUT2D eigenvalue weighted by Gasteiger charge is 1.79. The summed E-state index contributed by atoms with van der Waals surface area (Å²) in [5, 5.41) is 0. The highest BCUT2D eigenvalue weighted by Crippen LogP contribution is 2.26. The summed E-state index contributed by atoms with van der Waals surface area (Å²) in [6.07, 6.45) is 6.37. The quantitative estimate of drug-likeness (QED) is 0.423. The van der Waals surface area contributed by atoms with Gasteiger partial charge < -0.3 is 0 Å². The van der Waals surface area contributed by atoms with Crippen molar-refractivity contribution in [2.24, 2.45) is 0 Å². The minimum Gasteiger partial charge on any atom is -0.141 e. The SMILES string of the molecule is CCCCPSC. The maximum Gasteiger partial charge on any atom is -0.0145 e. The van der Waals surface area contributed by atoms with Crippen molar-refractivity contribution in [2.45, 2.75) is 19.8 Å². The van der Waals surface area contributed by atoms with E-state index in [0.717, 1.165) is 7.78 Å². The third-order valence-electron chi connectivity index (χ3n) is 0.777. The van der Waals surface area contributed by atoms with Gasteiger partial charge in [-0.25, -0.2) is 0 Å². The molecule has 0 aliphatic carbocycles. The fourth-order valence-corrected chi connectivity index (χ4v) is 2.10. The predicted octanol–water partition coefficient (Wildman–Crippen LogP) is 2.74. The van der Waals surface area contributed by atoms with Crippen molar-refractivity contribution in [1.82, 2.24) is 0 Å². The summed E-state index contributed by atoms with van der Waals surface area (Å²) in [5.41, 5.74) is 0. The van der Waals surface area contributed by atoms with Crippen LogP contribution in [0, 0.1) is 0 Å². The Morgan fingerprint density at radius 2 is 2.29 bits per heavy atom. The predicted molar refractivity (Wildman–Crippen MR) is 41.6 cm³/mol. The average Bonchev–Trinajstić information content (AvgIpc) is 1.69. The molecule has 44 valence electrons. The Balaban J connectivity index is 2.45. The van der Waals surface area contributed by atoms with Crippen molar-refractivity contribution in [3.63, 3.8) is 0 Å². The Morgan fingerprint density at radius 3 is 2.71 bits per heavy atom. The van der Waals surface area contributed by atoms with Crippen molar-refractivity contribution < 1.29 is 0 Å². The van der Waals surface area contributed by atoms with Crippen LogP contribution < -0.4 is 0 Å². The number of hydrogen-bond donors (Lipinski definition) is 0. The Kier molecular flexibility index (Phi) is 7.54. The molecule has 0 nitrogen and oxygen atoms in total.